The summed E-state index contributed by atoms with van der Waals surface area (Å²) in [6.45, 7) is 7.06. The summed E-state index contributed by atoms with van der Waals surface area (Å²) >= 11 is 0. The zero-order valence-electron chi connectivity index (χ0n) is 17.9. The summed E-state index contributed by atoms with van der Waals surface area (Å²) in [5, 5.41) is 2.90. The van der Waals surface area contributed by atoms with Crippen LogP contribution in [0.4, 0.5) is 0 Å². The summed E-state index contributed by atoms with van der Waals surface area (Å²) in [4.78, 5) is 27.4. The normalized spacial score (nSPS) is 13.0. The molecule has 0 saturated carbocycles. The van der Waals surface area contributed by atoms with Crippen molar-refractivity contribution in [2.75, 3.05) is 13.3 Å². The van der Waals surface area contributed by atoms with Crippen molar-refractivity contribution >= 4 is 11.8 Å². The van der Waals surface area contributed by atoms with Crippen molar-refractivity contribution in [1.29, 1.82) is 0 Å². The lowest BCUT2D eigenvalue weighted by Crippen LogP contribution is -2.47. The molecule has 160 valence electrons. The zero-order chi connectivity index (χ0) is 21.5. The highest BCUT2D eigenvalue weighted by atomic mass is 16.7. The van der Waals surface area contributed by atoms with Crippen LogP contribution in [0.25, 0.3) is 0 Å². The van der Waals surface area contributed by atoms with Gasteiger partial charge in [-0.25, -0.2) is 0 Å². The minimum Gasteiger partial charge on any atom is -0.454 e. The quantitative estimate of drug-likeness (QED) is 0.686. The summed E-state index contributed by atoms with van der Waals surface area (Å²) in [5.74, 6) is 1.27. The maximum absolute atomic E-state index is 13.1. The molecule has 1 aliphatic rings. The Morgan fingerprint density at radius 2 is 1.77 bits per heavy atom. The monoisotopic (exact) mass is 410 g/mol. The topological polar surface area (TPSA) is 67.9 Å². The van der Waals surface area contributed by atoms with Crippen LogP contribution in [0.3, 0.4) is 0 Å². The minimum atomic E-state index is -0.540. The first kappa shape index (κ1) is 21.7. The molecule has 2 aromatic rings. The van der Waals surface area contributed by atoms with E-state index in [1.807, 2.05) is 56.3 Å². The lowest BCUT2D eigenvalue weighted by Gasteiger charge is -2.29. The van der Waals surface area contributed by atoms with Crippen molar-refractivity contribution < 1.29 is 19.1 Å². The number of hydrogen-bond acceptors (Lipinski definition) is 4. The molecule has 2 amide bonds. The van der Waals surface area contributed by atoms with E-state index < -0.39 is 6.04 Å². The van der Waals surface area contributed by atoms with Crippen LogP contribution in [0.1, 0.15) is 43.4 Å². The fourth-order valence-corrected chi connectivity index (χ4v) is 3.36. The first-order valence-electron chi connectivity index (χ1n) is 10.5. The van der Waals surface area contributed by atoms with Crippen LogP contribution < -0.4 is 14.8 Å². The van der Waals surface area contributed by atoms with Gasteiger partial charge in [-0.2, -0.15) is 0 Å². The van der Waals surface area contributed by atoms with Gasteiger partial charge in [0, 0.05) is 19.5 Å². The van der Waals surface area contributed by atoms with Crippen LogP contribution in [-0.4, -0.2) is 36.1 Å². The molecule has 6 heteroatoms. The predicted octanol–water partition coefficient (Wildman–Crippen LogP) is 3.60. The third-order valence-electron chi connectivity index (χ3n) is 5.25. The third-order valence-corrected chi connectivity index (χ3v) is 5.25. The minimum absolute atomic E-state index is 0.0487. The van der Waals surface area contributed by atoms with Gasteiger partial charge in [0.25, 0.3) is 0 Å². The van der Waals surface area contributed by atoms with Gasteiger partial charge in [-0.15, -0.1) is 0 Å². The van der Waals surface area contributed by atoms with Gasteiger partial charge in [0.05, 0.1) is 0 Å². The Kier molecular flexibility index (Phi) is 7.33. The van der Waals surface area contributed by atoms with Crippen LogP contribution in [0.2, 0.25) is 0 Å². The number of benzene rings is 2. The van der Waals surface area contributed by atoms with Gasteiger partial charge in [0.1, 0.15) is 6.04 Å². The molecule has 0 aliphatic carbocycles. The largest absolute Gasteiger partial charge is 0.454 e. The molecular weight excluding hydrogens is 380 g/mol. The first-order chi connectivity index (χ1) is 14.5. The number of carbonyl (C=O) groups excluding carboxylic acids is 2. The van der Waals surface area contributed by atoms with E-state index >= 15 is 0 Å². The van der Waals surface area contributed by atoms with Gasteiger partial charge in [-0.3, -0.25) is 9.59 Å². The maximum atomic E-state index is 13.1. The molecule has 3 rings (SSSR count). The number of rotatable bonds is 9. The summed E-state index contributed by atoms with van der Waals surface area (Å²) in [5.41, 5.74) is 3.17. The Balaban J connectivity index is 1.69. The maximum Gasteiger partial charge on any atom is 0.242 e. The Labute approximate surface area is 178 Å². The first-order valence-corrected chi connectivity index (χ1v) is 10.5. The molecule has 1 heterocycles. The van der Waals surface area contributed by atoms with Gasteiger partial charge in [0.2, 0.25) is 18.6 Å². The van der Waals surface area contributed by atoms with Gasteiger partial charge in [0.15, 0.2) is 11.5 Å². The average Bonchev–Trinajstić information content (AvgIpc) is 3.22. The van der Waals surface area contributed by atoms with Crippen LogP contribution in [0, 0.1) is 6.92 Å². The average molecular weight is 411 g/mol. The molecule has 0 spiro atoms. The van der Waals surface area contributed by atoms with Crippen molar-refractivity contribution in [1.82, 2.24) is 10.2 Å². The van der Waals surface area contributed by atoms with Gasteiger partial charge in [-0.05, 0) is 49.9 Å². The van der Waals surface area contributed by atoms with Crippen molar-refractivity contribution in [2.24, 2.45) is 0 Å². The van der Waals surface area contributed by atoms with E-state index in [1.54, 1.807) is 11.8 Å². The Morgan fingerprint density at radius 3 is 2.50 bits per heavy atom. The standard InChI is InChI=1S/C24H30N2O4/c1-4-13-25-24(28)18(3)26(15-20-7-5-17(2)6-8-20)23(27)12-10-19-9-11-21-22(14-19)30-16-29-21/h5-9,11,14,18H,4,10,12-13,15-16H2,1-3H3,(H,25,28). The molecule has 0 bridgehead atoms. The lowest BCUT2D eigenvalue weighted by atomic mass is 10.1. The highest BCUT2D eigenvalue weighted by molar-refractivity contribution is 5.87. The van der Waals surface area contributed by atoms with E-state index in [4.69, 9.17) is 9.47 Å². The number of ether oxygens (including phenoxy) is 2. The number of nitrogens with one attached hydrogen (secondary N) is 1. The van der Waals surface area contributed by atoms with E-state index in [1.165, 1.54) is 0 Å². The Hall–Kier alpha value is -3.02. The lowest BCUT2D eigenvalue weighted by molar-refractivity contribution is -0.140. The molecule has 1 unspecified atom stereocenters. The van der Waals surface area contributed by atoms with Crippen molar-refractivity contribution in [3.63, 3.8) is 0 Å². The highest BCUT2D eigenvalue weighted by Gasteiger charge is 2.26. The number of hydrogen-bond donors (Lipinski definition) is 1. The number of aryl methyl sites for hydroxylation is 2. The van der Waals surface area contributed by atoms with E-state index in [0.717, 1.165) is 28.9 Å². The molecule has 0 fully saturated rings. The molecule has 6 nitrogen and oxygen atoms in total. The molecule has 0 aromatic heterocycles. The Morgan fingerprint density at radius 1 is 1.07 bits per heavy atom. The molecule has 1 aliphatic heterocycles. The predicted molar refractivity (Wildman–Crippen MR) is 115 cm³/mol. The zero-order valence-corrected chi connectivity index (χ0v) is 17.9. The summed E-state index contributed by atoms with van der Waals surface area (Å²) < 4.78 is 10.8. The van der Waals surface area contributed by atoms with Crippen LogP contribution >= 0.6 is 0 Å². The van der Waals surface area contributed by atoms with Crippen LogP contribution in [-0.2, 0) is 22.6 Å². The number of carbonyl (C=O) groups is 2. The van der Waals surface area contributed by atoms with Crippen LogP contribution in [0.15, 0.2) is 42.5 Å². The van der Waals surface area contributed by atoms with Crippen LogP contribution in [0.5, 0.6) is 11.5 Å². The second-order valence-electron chi connectivity index (χ2n) is 7.66. The second kappa shape index (κ2) is 10.1. The molecule has 0 radical (unpaired) electrons. The summed E-state index contributed by atoms with van der Waals surface area (Å²) in [7, 11) is 0. The highest BCUT2D eigenvalue weighted by Crippen LogP contribution is 2.32. The van der Waals surface area contributed by atoms with Crippen molar-refractivity contribution in [3.05, 3.63) is 59.2 Å². The molecule has 0 saturated heterocycles. The second-order valence-corrected chi connectivity index (χ2v) is 7.66. The molecular formula is C24H30N2O4. The third kappa shape index (κ3) is 5.53. The van der Waals surface area contributed by atoms with Crippen molar-refractivity contribution in [2.45, 2.75) is 52.6 Å². The smallest absolute Gasteiger partial charge is 0.242 e. The van der Waals surface area contributed by atoms with E-state index in [9.17, 15) is 9.59 Å². The fraction of sp³-hybridized carbons (Fsp3) is 0.417. The van der Waals surface area contributed by atoms with E-state index in [0.29, 0.717) is 31.7 Å². The molecule has 30 heavy (non-hydrogen) atoms. The van der Waals surface area contributed by atoms with E-state index in [2.05, 4.69) is 5.32 Å². The number of fused-ring (bicyclic) bond motifs is 1. The molecule has 1 atom stereocenters. The summed E-state index contributed by atoms with van der Waals surface area (Å²) in [6, 6.07) is 13.2. The Bertz CT molecular complexity index is 879. The van der Waals surface area contributed by atoms with E-state index in [-0.39, 0.29) is 18.6 Å². The fourth-order valence-electron chi connectivity index (χ4n) is 3.36. The molecule has 2 aromatic carbocycles. The number of nitrogens with zero attached hydrogens (tertiary/aromatic N) is 1. The number of amides is 2. The van der Waals surface area contributed by atoms with Gasteiger partial charge < -0.3 is 19.7 Å². The molecule has 1 N–H and O–H groups in total. The van der Waals surface area contributed by atoms with Gasteiger partial charge in [-0.1, -0.05) is 42.8 Å². The van der Waals surface area contributed by atoms with Gasteiger partial charge >= 0.3 is 0 Å². The summed E-state index contributed by atoms with van der Waals surface area (Å²) in [6.07, 6.45) is 1.74. The SMILES string of the molecule is CCCNC(=O)C(C)N(Cc1ccc(C)cc1)C(=O)CCc1ccc2c(c1)OCO2. The van der Waals surface area contributed by atoms with Crippen molar-refractivity contribution in [3.8, 4) is 11.5 Å².